The molecule has 0 radical (unpaired) electrons. The largest absolute Gasteiger partial charge is 0.508 e. The summed E-state index contributed by atoms with van der Waals surface area (Å²) in [4.78, 5) is 44.8. The number of allylic oxidation sites excluding steroid dienone is 1. The van der Waals surface area contributed by atoms with Crippen molar-refractivity contribution in [2.45, 2.75) is 30.9 Å². The minimum atomic E-state index is -2.64. The van der Waals surface area contributed by atoms with Crippen molar-refractivity contribution in [1.29, 1.82) is 0 Å². The molecule has 1 saturated carbocycles. The fourth-order valence-electron chi connectivity index (χ4n) is 6.05. The molecule has 1 aromatic carbocycles. The number of Topliss-reactive ketones (excluding diaryl/α,β-unsaturated/α-hetero) is 2. The van der Waals surface area contributed by atoms with Gasteiger partial charge in [0.25, 0.3) is 5.91 Å². The van der Waals surface area contributed by atoms with Crippen LogP contribution in [0.15, 0.2) is 46.3 Å². The first kappa shape index (κ1) is 23.0. The molecule has 0 unspecified atom stereocenters. The van der Waals surface area contributed by atoms with E-state index in [1.165, 1.54) is 11.0 Å². The van der Waals surface area contributed by atoms with Crippen LogP contribution in [-0.4, -0.2) is 74.2 Å². The summed E-state index contributed by atoms with van der Waals surface area (Å²) in [5.41, 5.74) is 3.83. The fraction of sp³-hybridized carbons (Fsp3) is 0.360. The lowest BCUT2D eigenvalue weighted by atomic mass is 9.57. The number of nitrogens with zero attached hydrogens (tertiary/aromatic N) is 2. The Kier molecular flexibility index (Phi) is 5.01. The van der Waals surface area contributed by atoms with E-state index in [0.717, 1.165) is 11.3 Å². The van der Waals surface area contributed by atoms with Crippen molar-refractivity contribution in [2.75, 3.05) is 14.1 Å². The first-order valence-corrected chi connectivity index (χ1v) is 11.2. The number of primary amides is 1. The second-order valence-corrected chi connectivity index (χ2v) is 9.61. The summed E-state index contributed by atoms with van der Waals surface area (Å²) < 4.78 is 0. The predicted octanol–water partition coefficient (Wildman–Crippen LogP) is 0.671. The van der Waals surface area contributed by atoms with Gasteiger partial charge in [-0.3, -0.25) is 24.3 Å². The maximum atomic E-state index is 13.8. The molecule has 0 bridgehead atoms. The highest BCUT2D eigenvalue weighted by Gasteiger charge is 2.64. The molecule has 1 heterocycles. The highest BCUT2D eigenvalue weighted by molar-refractivity contribution is 6.24. The van der Waals surface area contributed by atoms with Crippen LogP contribution < -0.4 is 5.73 Å². The van der Waals surface area contributed by atoms with E-state index in [4.69, 9.17) is 5.73 Å². The van der Waals surface area contributed by atoms with Gasteiger partial charge in [-0.15, -0.1) is 0 Å². The number of aromatic hydroxyl groups is 1. The van der Waals surface area contributed by atoms with E-state index < -0.39 is 58.0 Å². The number of phenolic OH excluding ortho intramolecular Hbond substituents is 1. The number of hydrogen-bond donors (Lipinski definition) is 5. The topological polar surface area (TPSA) is 174 Å². The molecule has 35 heavy (non-hydrogen) atoms. The lowest BCUT2D eigenvalue weighted by Crippen LogP contribution is -2.65. The van der Waals surface area contributed by atoms with Crippen LogP contribution in [-0.2, 0) is 20.8 Å². The van der Waals surface area contributed by atoms with Crippen LogP contribution in [0.25, 0.3) is 5.76 Å². The number of aliphatic hydroxyl groups is 3. The lowest BCUT2D eigenvalue weighted by molar-refractivity contribution is -0.153. The average molecular weight is 479 g/mol. The zero-order chi connectivity index (χ0) is 25.4. The molecule has 10 nitrogen and oxygen atoms in total. The smallest absolute Gasteiger partial charge is 0.255 e. The van der Waals surface area contributed by atoms with Crippen molar-refractivity contribution < 1.29 is 34.8 Å². The van der Waals surface area contributed by atoms with E-state index >= 15 is 0 Å². The molecule has 4 aliphatic rings. The molecule has 182 valence electrons. The minimum Gasteiger partial charge on any atom is -0.508 e. The molecule has 1 amide bonds. The van der Waals surface area contributed by atoms with Gasteiger partial charge in [-0.05, 0) is 50.6 Å². The number of amides is 1. The summed E-state index contributed by atoms with van der Waals surface area (Å²) in [6, 6.07) is 2.00. The Hall–Kier alpha value is -3.76. The van der Waals surface area contributed by atoms with Crippen LogP contribution in [0.2, 0.25) is 0 Å². The highest BCUT2D eigenvalue weighted by atomic mass is 16.3. The molecule has 0 saturated heterocycles. The van der Waals surface area contributed by atoms with Crippen molar-refractivity contribution in [1.82, 2.24) is 4.90 Å². The van der Waals surface area contributed by atoms with Crippen LogP contribution in [0.5, 0.6) is 5.75 Å². The predicted molar refractivity (Wildman–Crippen MR) is 125 cm³/mol. The van der Waals surface area contributed by atoms with Crippen molar-refractivity contribution in [3.8, 4) is 5.75 Å². The van der Waals surface area contributed by atoms with Gasteiger partial charge < -0.3 is 26.2 Å². The molecule has 5 rings (SSSR count). The van der Waals surface area contributed by atoms with Gasteiger partial charge in [0.05, 0.1) is 17.3 Å². The summed E-state index contributed by atoms with van der Waals surface area (Å²) in [5.74, 6) is -6.64. The zero-order valence-corrected chi connectivity index (χ0v) is 19.1. The number of rotatable bonds is 3. The van der Waals surface area contributed by atoms with Gasteiger partial charge >= 0.3 is 0 Å². The number of nitrogens with two attached hydrogens (primary N) is 1. The van der Waals surface area contributed by atoms with Crippen LogP contribution >= 0.6 is 0 Å². The van der Waals surface area contributed by atoms with Crippen molar-refractivity contribution in [3.05, 3.63) is 58.0 Å². The average Bonchev–Trinajstić information content (AvgIpc) is 3.30. The summed E-state index contributed by atoms with van der Waals surface area (Å²) in [7, 11) is 3.13. The van der Waals surface area contributed by atoms with E-state index in [1.54, 1.807) is 26.4 Å². The first-order chi connectivity index (χ1) is 16.5. The standard InChI is InChI=1S/C25H25N3O7/c1-28(2)19-13-9-10-8-12-11(14-4-3-7-27-14)5-6-15(29)17(12)20(30)16(10)22(32)25(13,35)23(33)18(21(19)31)24(26)34/h3,5-7,10,13,19,29-30,33,35H,4,8-9H2,1-2H3,(H2,26,34)/t10-,13-,19-,25-/m0/s1. The third-order valence-electron chi connectivity index (χ3n) is 7.56. The van der Waals surface area contributed by atoms with Crippen LogP contribution in [0.3, 0.4) is 0 Å². The lowest BCUT2D eigenvalue weighted by Gasteiger charge is -2.50. The number of carbonyl (C=O) groups excluding carboxylic acids is 3. The summed E-state index contributed by atoms with van der Waals surface area (Å²) in [6.07, 6.45) is 4.40. The number of fused-ring (bicyclic) bond motifs is 3. The van der Waals surface area contributed by atoms with Crippen molar-refractivity contribution in [3.63, 3.8) is 0 Å². The second-order valence-electron chi connectivity index (χ2n) is 9.61. The van der Waals surface area contributed by atoms with Gasteiger partial charge in [0.15, 0.2) is 11.4 Å². The monoisotopic (exact) mass is 479 g/mol. The molecular weight excluding hydrogens is 454 g/mol. The second kappa shape index (κ2) is 7.62. The van der Waals surface area contributed by atoms with Gasteiger partial charge in [0.2, 0.25) is 5.78 Å². The normalized spacial score (nSPS) is 29.8. The number of likely N-dealkylation sites (N-methyl/N-ethyl adjacent to an activating group) is 1. The van der Waals surface area contributed by atoms with Crippen molar-refractivity contribution in [2.24, 2.45) is 22.6 Å². The maximum Gasteiger partial charge on any atom is 0.255 e. The summed E-state index contributed by atoms with van der Waals surface area (Å²) in [5, 5.41) is 44.3. The Morgan fingerprint density at radius 3 is 2.51 bits per heavy atom. The van der Waals surface area contributed by atoms with Gasteiger partial charge in [-0.1, -0.05) is 6.08 Å². The third kappa shape index (κ3) is 2.96. The maximum absolute atomic E-state index is 13.8. The Labute approximate surface area is 200 Å². The van der Waals surface area contributed by atoms with Crippen molar-refractivity contribution >= 4 is 28.9 Å². The van der Waals surface area contributed by atoms with Gasteiger partial charge in [0.1, 0.15) is 22.8 Å². The summed E-state index contributed by atoms with van der Waals surface area (Å²) in [6.45, 7) is 0. The fourth-order valence-corrected chi connectivity index (χ4v) is 6.05. The Balaban J connectivity index is 1.73. The number of hydrogen-bond acceptors (Lipinski definition) is 9. The van der Waals surface area contributed by atoms with Crippen LogP contribution in [0, 0.1) is 11.8 Å². The number of phenols is 1. The van der Waals surface area contributed by atoms with E-state index in [-0.39, 0.29) is 29.7 Å². The molecule has 1 fully saturated rings. The number of carbonyl (C=O) groups is 3. The molecule has 10 heteroatoms. The highest BCUT2D eigenvalue weighted by Crippen LogP contribution is 2.53. The molecule has 3 aliphatic carbocycles. The number of benzene rings is 1. The minimum absolute atomic E-state index is 0.0472. The Morgan fingerprint density at radius 1 is 1.20 bits per heavy atom. The third-order valence-corrected chi connectivity index (χ3v) is 7.56. The molecule has 1 aromatic rings. The molecular formula is C25H25N3O7. The van der Waals surface area contributed by atoms with Crippen LogP contribution in [0.4, 0.5) is 0 Å². The molecule has 0 spiro atoms. The Morgan fingerprint density at radius 2 is 1.91 bits per heavy atom. The Bertz CT molecular complexity index is 1340. The van der Waals surface area contributed by atoms with E-state index in [0.29, 0.717) is 12.0 Å². The SMILES string of the molecule is CN(C)[C@@H]1C(=O)C(C(N)=O)=C(O)[C@@]2(O)C(=O)C3=C(O)c4c(O)ccc(C5=NC=CC5)c4C[C@H]3C[C@@H]12. The van der Waals surface area contributed by atoms with E-state index in [9.17, 15) is 34.8 Å². The summed E-state index contributed by atoms with van der Waals surface area (Å²) >= 11 is 0. The van der Waals surface area contributed by atoms with Gasteiger partial charge in [-0.2, -0.15) is 0 Å². The first-order valence-electron chi connectivity index (χ1n) is 11.2. The van der Waals surface area contributed by atoms with E-state index in [1.807, 2.05) is 6.08 Å². The number of aliphatic hydroxyl groups excluding tert-OH is 2. The number of aliphatic imine (C=N–C) groups is 1. The van der Waals surface area contributed by atoms with E-state index in [2.05, 4.69) is 4.99 Å². The molecule has 0 aromatic heterocycles. The van der Waals surface area contributed by atoms with Gasteiger partial charge in [-0.25, -0.2) is 0 Å². The molecule has 4 atom stereocenters. The van der Waals surface area contributed by atoms with Crippen LogP contribution in [0.1, 0.15) is 29.5 Å². The molecule has 6 N–H and O–H groups in total. The number of ketones is 2. The molecule has 1 aliphatic heterocycles. The quantitative estimate of drug-likeness (QED) is 0.393. The van der Waals surface area contributed by atoms with Gasteiger partial charge in [0, 0.05) is 29.7 Å². The zero-order valence-electron chi connectivity index (χ0n) is 19.1.